The Balaban J connectivity index is 3.32. The summed E-state index contributed by atoms with van der Waals surface area (Å²) in [6.45, 7) is 6.07. The van der Waals surface area contributed by atoms with Crippen LogP contribution < -0.4 is 0 Å². The number of halogens is 1. The summed E-state index contributed by atoms with van der Waals surface area (Å²) in [6, 6.07) is 0. The van der Waals surface area contributed by atoms with Gasteiger partial charge in [-0.25, -0.2) is 0 Å². The second-order valence-corrected chi connectivity index (χ2v) is 2.90. The van der Waals surface area contributed by atoms with Crippen LogP contribution in [0.25, 0.3) is 0 Å². The molecular formula is C8H17F. The van der Waals surface area contributed by atoms with Crippen LogP contribution in [0.1, 0.15) is 33.6 Å². The molecule has 0 aromatic carbocycles. The van der Waals surface area contributed by atoms with E-state index in [0.29, 0.717) is 5.92 Å². The summed E-state index contributed by atoms with van der Waals surface area (Å²) in [5, 5.41) is 0. The maximum Gasteiger partial charge on any atom is 0.0922 e. The van der Waals surface area contributed by atoms with Crippen LogP contribution in [-0.4, -0.2) is 6.67 Å². The second-order valence-electron chi connectivity index (χ2n) is 2.90. The molecule has 0 spiro atoms. The highest BCUT2D eigenvalue weighted by Gasteiger charge is 2.09. The van der Waals surface area contributed by atoms with Crippen molar-refractivity contribution in [2.24, 2.45) is 11.8 Å². The summed E-state index contributed by atoms with van der Waals surface area (Å²) in [5.74, 6) is 0.810. The lowest BCUT2D eigenvalue weighted by Gasteiger charge is -2.14. The van der Waals surface area contributed by atoms with Gasteiger partial charge in [0.05, 0.1) is 6.67 Å². The van der Waals surface area contributed by atoms with Crippen molar-refractivity contribution < 1.29 is 4.39 Å². The molecule has 0 fully saturated rings. The van der Waals surface area contributed by atoms with E-state index < -0.39 is 0 Å². The lowest BCUT2D eigenvalue weighted by molar-refractivity contribution is 0.282. The summed E-state index contributed by atoms with van der Waals surface area (Å²) in [6.07, 6.45) is 2.33. The first-order valence-electron chi connectivity index (χ1n) is 3.78. The molecule has 56 valence electrons. The Morgan fingerprint density at radius 2 is 1.78 bits per heavy atom. The highest BCUT2D eigenvalue weighted by Crippen LogP contribution is 2.16. The first-order valence-corrected chi connectivity index (χ1v) is 3.78. The third-order valence-corrected chi connectivity index (χ3v) is 1.96. The molecule has 0 amide bonds. The maximum atomic E-state index is 12.0. The van der Waals surface area contributed by atoms with E-state index in [1.807, 2.05) is 6.92 Å². The predicted octanol–water partition coefficient (Wildman–Crippen LogP) is 3.03. The Morgan fingerprint density at radius 1 is 1.22 bits per heavy atom. The SMILES string of the molecule is CCCC(C)C(C)CF. The van der Waals surface area contributed by atoms with Gasteiger partial charge < -0.3 is 0 Å². The number of alkyl halides is 1. The van der Waals surface area contributed by atoms with Crippen LogP contribution in [0.3, 0.4) is 0 Å². The first-order chi connectivity index (χ1) is 4.22. The molecule has 0 saturated carbocycles. The summed E-state index contributed by atoms with van der Waals surface area (Å²) in [5.41, 5.74) is 0. The zero-order valence-corrected chi connectivity index (χ0v) is 6.65. The van der Waals surface area contributed by atoms with E-state index in [9.17, 15) is 4.39 Å². The molecule has 9 heavy (non-hydrogen) atoms. The second kappa shape index (κ2) is 4.78. The Hall–Kier alpha value is -0.0700. The molecule has 0 radical (unpaired) electrons. The minimum atomic E-state index is -0.166. The Labute approximate surface area is 57.5 Å². The average molecular weight is 132 g/mol. The number of rotatable bonds is 4. The largest absolute Gasteiger partial charge is 0.251 e. The third kappa shape index (κ3) is 3.50. The first kappa shape index (κ1) is 8.93. The van der Waals surface area contributed by atoms with Crippen molar-refractivity contribution in [3.8, 4) is 0 Å². The van der Waals surface area contributed by atoms with Crippen LogP contribution in [0.2, 0.25) is 0 Å². The van der Waals surface area contributed by atoms with Crippen molar-refractivity contribution in [3.05, 3.63) is 0 Å². The molecule has 0 aromatic heterocycles. The van der Waals surface area contributed by atoms with Gasteiger partial charge in [0, 0.05) is 0 Å². The topological polar surface area (TPSA) is 0 Å². The standard InChI is InChI=1S/C8H17F/c1-4-5-7(2)8(3)6-9/h7-8H,4-6H2,1-3H3. The third-order valence-electron chi connectivity index (χ3n) is 1.96. The number of hydrogen-bond donors (Lipinski definition) is 0. The van der Waals surface area contributed by atoms with Crippen LogP contribution in [0, 0.1) is 11.8 Å². The van der Waals surface area contributed by atoms with Crippen LogP contribution in [0.5, 0.6) is 0 Å². The predicted molar refractivity (Wildman–Crippen MR) is 39.2 cm³/mol. The maximum absolute atomic E-state index is 12.0. The molecule has 2 unspecified atom stereocenters. The molecule has 0 N–H and O–H groups in total. The van der Waals surface area contributed by atoms with Gasteiger partial charge in [-0.2, -0.15) is 0 Å². The van der Waals surface area contributed by atoms with Crippen molar-refractivity contribution in [2.45, 2.75) is 33.6 Å². The highest BCUT2D eigenvalue weighted by molar-refractivity contribution is 4.59. The Bertz CT molecular complexity index is 61.6. The van der Waals surface area contributed by atoms with E-state index in [4.69, 9.17) is 0 Å². The highest BCUT2D eigenvalue weighted by atomic mass is 19.1. The van der Waals surface area contributed by atoms with Crippen LogP contribution in [0.4, 0.5) is 4.39 Å². The van der Waals surface area contributed by atoms with E-state index in [-0.39, 0.29) is 12.6 Å². The van der Waals surface area contributed by atoms with Crippen molar-refractivity contribution in [1.29, 1.82) is 0 Å². The van der Waals surface area contributed by atoms with Gasteiger partial charge in [-0.3, -0.25) is 4.39 Å². The zero-order valence-electron chi connectivity index (χ0n) is 6.65. The zero-order chi connectivity index (χ0) is 7.28. The van der Waals surface area contributed by atoms with E-state index in [1.54, 1.807) is 0 Å². The van der Waals surface area contributed by atoms with Crippen molar-refractivity contribution in [1.82, 2.24) is 0 Å². The Kier molecular flexibility index (Phi) is 4.74. The Morgan fingerprint density at radius 3 is 2.11 bits per heavy atom. The molecule has 0 rings (SSSR count). The van der Waals surface area contributed by atoms with E-state index in [2.05, 4.69) is 13.8 Å². The van der Waals surface area contributed by atoms with Crippen LogP contribution in [0.15, 0.2) is 0 Å². The van der Waals surface area contributed by atoms with Gasteiger partial charge in [0.15, 0.2) is 0 Å². The van der Waals surface area contributed by atoms with Gasteiger partial charge in [0.1, 0.15) is 0 Å². The molecule has 0 aliphatic carbocycles. The summed E-state index contributed by atoms with van der Waals surface area (Å²) in [4.78, 5) is 0. The molecule has 2 atom stereocenters. The van der Waals surface area contributed by atoms with E-state index in [0.717, 1.165) is 6.42 Å². The molecule has 0 nitrogen and oxygen atoms in total. The van der Waals surface area contributed by atoms with E-state index >= 15 is 0 Å². The van der Waals surface area contributed by atoms with Gasteiger partial charge >= 0.3 is 0 Å². The monoisotopic (exact) mass is 132 g/mol. The van der Waals surface area contributed by atoms with Crippen LogP contribution in [-0.2, 0) is 0 Å². The normalized spacial score (nSPS) is 17.3. The summed E-state index contributed by atoms with van der Waals surface area (Å²) < 4.78 is 12.0. The van der Waals surface area contributed by atoms with Gasteiger partial charge in [-0.05, 0) is 11.8 Å². The fraction of sp³-hybridized carbons (Fsp3) is 1.00. The minimum Gasteiger partial charge on any atom is -0.251 e. The quantitative estimate of drug-likeness (QED) is 0.551. The number of hydrogen-bond acceptors (Lipinski definition) is 0. The average Bonchev–Trinajstić information content (AvgIpc) is 1.87. The molecular weight excluding hydrogens is 115 g/mol. The fourth-order valence-electron chi connectivity index (χ4n) is 0.892. The molecule has 0 aromatic rings. The summed E-state index contributed by atoms with van der Waals surface area (Å²) >= 11 is 0. The molecule has 0 bridgehead atoms. The van der Waals surface area contributed by atoms with Crippen molar-refractivity contribution >= 4 is 0 Å². The smallest absolute Gasteiger partial charge is 0.0922 e. The lowest BCUT2D eigenvalue weighted by Crippen LogP contribution is -2.08. The molecule has 0 aliphatic rings. The molecule has 0 aliphatic heterocycles. The molecule has 0 saturated heterocycles. The van der Waals surface area contributed by atoms with Gasteiger partial charge in [0.2, 0.25) is 0 Å². The molecule has 0 heterocycles. The van der Waals surface area contributed by atoms with Crippen molar-refractivity contribution in [3.63, 3.8) is 0 Å². The molecule has 1 heteroatoms. The fourth-order valence-corrected chi connectivity index (χ4v) is 0.892. The van der Waals surface area contributed by atoms with Gasteiger partial charge in [0.25, 0.3) is 0 Å². The van der Waals surface area contributed by atoms with Crippen LogP contribution >= 0.6 is 0 Å². The van der Waals surface area contributed by atoms with Gasteiger partial charge in [-0.15, -0.1) is 0 Å². The lowest BCUT2D eigenvalue weighted by atomic mass is 9.93. The summed E-state index contributed by atoms with van der Waals surface area (Å²) in [7, 11) is 0. The van der Waals surface area contributed by atoms with E-state index in [1.165, 1.54) is 6.42 Å². The van der Waals surface area contributed by atoms with Gasteiger partial charge in [-0.1, -0.05) is 33.6 Å². The minimum absolute atomic E-state index is 0.166. The van der Waals surface area contributed by atoms with Crippen molar-refractivity contribution in [2.75, 3.05) is 6.67 Å².